The van der Waals surface area contributed by atoms with Crippen LogP contribution in [-0.2, 0) is 12.8 Å². The van der Waals surface area contributed by atoms with Crippen molar-refractivity contribution >= 4 is 5.69 Å². The maximum absolute atomic E-state index is 2.79. The summed E-state index contributed by atoms with van der Waals surface area (Å²) < 4.78 is 0. The zero-order chi connectivity index (χ0) is 15.8. The first-order valence-electron chi connectivity index (χ1n) is 9.40. The van der Waals surface area contributed by atoms with Crippen LogP contribution >= 0.6 is 0 Å². The zero-order valence-corrected chi connectivity index (χ0v) is 15.0. The fourth-order valence-corrected chi connectivity index (χ4v) is 5.20. The van der Waals surface area contributed by atoms with E-state index < -0.39 is 0 Å². The van der Waals surface area contributed by atoms with Gasteiger partial charge in [0.25, 0.3) is 0 Å². The van der Waals surface area contributed by atoms with Crippen LogP contribution in [0.1, 0.15) is 77.3 Å². The second-order valence-corrected chi connectivity index (χ2v) is 8.27. The molecule has 0 atom stereocenters. The summed E-state index contributed by atoms with van der Waals surface area (Å²) in [6.07, 6.45) is 10.9. The summed E-state index contributed by atoms with van der Waals surface area (Å²) in [7, 11) is 0. The average Bonchev–Trinajstić information content (AvgIpc) is 2.77. The van der Waals surface area contributed by atoms with E-state index in [9.17, 15) is 0 Å². The number of rotatable bonds is 3. The van der Waals surface area contributed by atoms with Crippen molar-refractivity contribution in [2.45, 2.75) is 84.6 Å². The van der Waals surface area contributed by atoms with Crippen LogP contribution in [0.3, 0.4) is 0 Å². The SMILES string of the molecule is CCc1cccc(CC)c1N1CC2(CCCCC2)CC1(C)C. The van der Waals surface area contributed by atoms with Crippen molar-refractivity contribution in [3.8, 4) is 0 Å². The molecule has 1 aliphatic carbocycles. The molecule has 22 heavy (non-hydrogen) atoms. The maximum Gasteiger partial charge on any atom is 0.0435 e. The summed E-state index contributed by atoms with van der Waals surface area (Å²) in [4.78, 5) is 2.79. The minimum Gasteiger partial charge on any atom is -0.365 e. The van der Waals surface area contributed by atoms with Crippen LogP contribution in [-0.4, -0.2) is 12.1 Å². The molecule has 1 saturated heterocycles. The van der Waals surface area contributed by atoms with Gasteiger partial charge in [0.05, 0.1) is 0 Å². The van der Waals surface area contributed by atoms with E-state index >= 15 is 0 Å². The first-order valence-corrected chi connectivity index (χ1v) is 9.40. The first kappa shape index (κ1) is 15.9. The Balaban J connectivity index is 2.00. The highest BCUT2D eigenvalue weighted by molar-refractivity contribution is 5.62. The fraction of sp³-hybridized carbons (Fsp3) is 0.714. The van der Waals surface area contributed by atoms with E-state index in [1.54, 1.807) is 16.8 Å². The molecule has 0 radical (unpaired) electrons. The molecule has 1 nitrogen and oxygen atoms in total. The molecule has 3 rings (SSSR count). The molecule has 0 unspecified atom stereocenters. The van der Waals surface area contributed by atoms with Crippen LogP contribution in [0.4, 0.5) is 5.69 Å². The molecule has 1 aliphatic heterocycles. The number of aryl methyl sites for hydroxylation is 2. The third kappa shape index (κ3) is 2.68. The van der Waals surface area contributed by atoms with E-state index in [0.29, 0.717) is 11.0 Å². The summed E-state index contributed by atoms with van der Waals surface area (Å²) in [5, 5.41) is 0. The lowest BCUT2D eigenvalue weighted by molar-refractivity contribution is 0.204. The molecule has 1 heteroatoms. The monoisotopic (exact) mass is 299 g/mol. The van der Waals surface area contributed by atoms with Gasteiger partial charge >= 0.3 is 0 Å². The van der Waals surface area contributed by atoms with E-state index in [2.05, 4.69) is 50.8 Å². The maximum atomic E-state index is 2.79. The second-order valence-electron chi connectivity index (χ2n) is 8.27. The number of benzene rings is 1. The van der Waals surface area contributed by atoms with E-state index in [4.69, 9.17) is 0 Å². The highest BCUT2D eigenvalue weighted by atomic mass is 15.2. The van der Waals surface area contributed by atoms with Crippen LogP contribution in [0.2, 0.25) is 0 Å². The summed E-state index contributed by atoms with van der Waals surface area (Å²) in [6, 6.07) is 6.94. The van der Waals surface area contributed by atoms with E-state index in [1.165, 1.54) is 45.1 Å². The Hall–Kier alpha value is -0.980. The van der Waals surface area contributed by atoms with Crippen LogP contribution < -0.4 is 4.90 Å². The van der Waals surface area contributed by atoms with Crippen LogP contribution in [0.25, 0.3) is 0 Å². The molecule has 2 fully saturated rings. The average molecular weight is 300 g/mol. The van der Waals surface area contributed by atoms with Gasteiger partial charge in [0.15, 0.2) is 0 Å². The van der Waals surface area contributed by atoms with Gasteiger partial charge in [-0.05, 0) is 62.5 Å². The minimum atomic E-state index is 0.298. The zero-order valence-electron chi connectivity index (χ0n) is 15.0. The van der Waals surface area contributed by atoms with Gasteiger partial charge in [0, 0.05) is 17.8 Å². The summed E-state index contributed by atoms with van der Waals surface area (Å²) in [6.45, 7) is 10.8. The predicted octanol–water partition coefficient (Wildman–Crippen LogP) is 5.75. The van der Waals surface area contributed by atoms with E-state index in [0.717, 1.165) is 12.8 Å². The Morgan fingerprint density at radius 3 is 2.09 bits per heavy atom. The van der Waals surface area contributed by atoms with Gasteiger partial charge in [-0.15, -0.1) is 0 Å². The number of hydrogen-bond donors (Lipinski definition) is 0. The Morgan fingerprint density at radius 2 is 1.55 bits per heavy atom. The quantitative estimate of drug-likeness (QED) is 0.687. The third-order valence-electron chi connectivity index (χ3n) is 6.18. The first-order chi connectivity index (χ1) is 10.5. The molecule has 0 N–H and O–H groups in total. The van der Waals surface area contributed by atoms with Crippen LogP contribution in [0.15, 0.2) is 18.2 Å². The van der Waals surface area contributed by atoms with Gasteiger partial charge in [0.2, 0.25) is 0 Å². The highest BCUT2D eigenvalue weighted by Crippen LogP contribution is 2.52. The molecule has 1 saturated carbocycles. The lowest BCUT2D eigenvalue weighted by atomic mass is 9.71. The molecule has 1 aromatic rings. The third-order valence-corrected chi connectivity index (χ3v) is 6.18. The number of para-hydroxylation sites is 1. The molecular weight excluding hydrogens is 266 g/mol. The summed E-state index contributed by atoms with van der Waals surface area (Å²) in [5.74, 6) is 0. The van der Waals surface area contributed by atoms with Gasteiger partial charge < -0.3 is 4.90 Å². The number of hydrogen-bond acceptors (Lipinski definition) is 1. The van der Waals surface area contributed by atoms with Crippen molar-refractivity contribution in [1.29, 1.82) is 0 Å². The molecule has 1 spiro atoms. The van der Waals surface area contributed by atoms with Crippen molar-refractivity contribution < 1.29 is 0 Å². The Bertz CT molecular complexity index is 500. The lowest BCUT2D eigenvalue weighted by Crippen LogP contribution is -2.39. The smallest absolute Gasteiger partial charge is 0.0435 e. The van der Waals surface area contributed by atoms with Gasteiger partial charge in [0.1, 0.15) is 0 Å². The van der Waals surface area contributed by atoms with Crippen molar-refractivity contribution in [2.24, 2.45) is 5.41 Å². The van der Waals surface area contributed by atoms with E-state index in [1.807, 2.05) is 0 Å². The molecular formula is C21H33N. The Kier molecular flexibility index (Phi) is 4.27. The Labute approximate surface area is 137 Å². The second kappa shape index (κ2) is 5.91. The fourth-order valence-electron chi connectivity index (χ4n) is 5.20. The van der Waals surface area contributed by atoms with Crippen molar-refractivity contribution in [2.75, 3.05) is 11.4 Å². The standard InChI is InChI=1S/C21H33N/c1-5-17-11-10-12-18(6-2)19(17)22-16-21(15-20(22,3)4)13-8-7-9-14-21/h10-12H,5-9,13-16H2,1-4H3. The highest BCUT2D eigenvalue weighted by Gasteiger charge is 2.49. The molecule has 0 aromatic heterocycles. The molecule has 0 amide bonds. The minimum absolute atomic E-state index is 0.298. The van der Waals surface area contributed by atoms with Crippen LogP contribution in [0, 0.1) is 5.41 Å². The van der Waals surface area contributed by atoms with Gasteiger partial charge in [-0.3, -0.25) is 0 Å². The topological polar surface area (TPSA) is 3.24 Å². The molecule has 1 aromatic carbocycles. The molecule has 1 heterocycles. The van der Waals surface area contributed by atoms with Crippen molar-refractivity contribution in [3.63, 3.8) is 0 Å². The molecule has 0 bridgehead atoms. The van der Waals surface area contributed by atoms with Gasteiger partial charge in [-0.1, -0.05) is 51.3 Å². The Morgan fingerprint density at radius 1 is 0.955 bits per heavy atom. The van der Waals surface area contributed by atoms with E-state index in [-0.39, 0.29) is 0 Å². The normalized spacial score (nSPS) is 23.2. The summed E-state index contributed by atoms with van der Waals surface area (Å²) in [5.41, 5.74) is 5.54. The largest absolute Gasteiger partial charge is 0.365 e. The van der Waals surface area contributed by atoms with Crippen LogP contribution in [0.5, 0.6) is 0 Å². The van der Waals surface area contributed by atoms with Crippen molar-refractivity contribution in [3.05, 3.63) is 29.3 Å². The number of nitrogens with zero attached hydrogens (tertiary/aromatic N) is 1. The number of anilines is 1. The molecule has 2 aliphatic rings. The van der Waals surface area contributed by atoms with Gasteiger partial charge in [-0.2, -0.15) is 0 Å². The lowest BCUT2D eigenvalue weighted by Gasteiger charge is -2.37. The predicted molar refractivity (Wildman–Crippen MR) is 96.8 cm³/mol. The van der Waals surface area contributed by atoms with Gasteiger partial charge in [-0.25, -0.2) is 0 Å². The summed E-state index contributed by atoms with van der Waals surface area (Å²) >= 11 is 0. The molecule has 122 valence electrons. The van der Waals surface area contributed by atoms with Crippen molar-refractivity contribution in [1.82, 2.24) is 0 Å².